The third-order valence-electron chi connectivity index (χ3n) is 6.05. The van der Waals surface area contributed by atoms with Gasteiger partial charge in [0, 0.05) is 13.1 Å². The fourth-order valence-corrected chi connectivity index (χ4v) is 5.68. The van der Waals surface area contributed by atoms with Gasteiger partial charge in [0.2, 0.25) is 11.8 Å². The number of hydrogen-bond donors (Lipinski definition) is 3. The van der Waals surface area contributed by atoms with E-state index < -0.39 is 35.1 Å². The Morgan fingerprint density at radius 1 is 1.15 bits per heavy atom. The molecule has 0 saturated carbocycles. The van der Waals surface area contributed by atoms with E-state index in [-0.39, 0.29) is 17.5 Å². The van der Waals surface area contributed by atoms with Gasteiger partial charge in [0.25, 0.3) is 0 Å². The first-order valence-electron chi connectivity index (χ1n) is 10.8. The smallest absolute Gasteiger partial charge is 0.248 e. The van der Waals surface area contributed by atoms with Gasteiger partial charge in [0.05, 0.1) is 10.9 Å². The van der Waals surface area contributed by atoms with Crippen molar-refractivity contribution < 1.29 is 18.4 Å². The van der Waals surface area contributed by atoms with Crippen LogP contribution in [0.2, 0.25) is 0 Å². The zero-order valence-electron chi connectivity index (χ0n) is 17.6. The number of amidine groups is 1. The van der Waals surface area contributed by atoms with Crippen molar-refractivity contribution >= 4 is 28.7 Å². The topological polar surface area (TPSA) is 85.8 Å². The molecule has 0 aromatic heterocycles. The summed E-state index contributed by atoms with van der Waals surface area (Å²) in [6.45, 7) is 1.09. The Kier molecular flexibility index (Phi) is 6.03. The molecule has 0 spiro atoms. The van der Waals surface area contributed by atoms with Crippen molar-refractivity contribution in [1.29, 1.82) is 0 Å². The van der Waals surface area contributed by atoms with E-state index in [1.807, 2.05) is 35.2 Å². The van der Waals surface area contributed by atoms with Gasteiger partial charge in [-0.25, -0.2) is 13.8 Å². The summed E-state index contributed by atoms with van der Waals surface area (Å²) in [7, 11) is 0. The van der Waals surface area contributed by atoms with Crippen LogP contribution < -0.4 is 16.0 Å². The van der Waals surface area contributed by atoms with Crippen LogP contribution in [-0.4, -0.2) is 45.9 Å². The van der Waals surface area contributed by atoms with Crippen LogP contribution in [0.5, 0.6) is 0 Å². The number of amides is 2. The predicted octanol–water partition coefficient (Wildman–Crippen LogP) is 2.26. The predicted molar refractivity (Wildman–Crippen MR) is 121 cm³/mol. The maximum atomic E-state index is 14.2. The molecule has 2 saturated heterocycles. The fraction of sp³-hybridized carbons (Fsp3) is 0.348. The molecule has 0 bridgehead atoms. The molecule has 0 aliphatic carbocycles. The second kappa shape index (κ2) is 9.11. The Morgan fingerprint density at radius 2 is 1.91 bits per heavy atom. The Morgan fingerprint density at radius 3 is 2.67 bits per heavy atom. The summed E-state index contributed by atoms with van der Waals surface area (Å²) in [5, 5.41) is 8.82. The first kappa shape index (κ1) is 21.8. The number of benzene rings is 2. The van der Waals surface area contributed by atoms with Crippen LogP contribution in [0.25, 0.3) is 0 Å². The minimum absolute atomic E-state index is 0.0850. The largest absolute Gasteiger partial charge is 0.350 e. The Bertz CT molecular complexity index is 1080. The molecule has 3 aliphatic heterocycles. The highest BCUT2D eigenvalue weighted by Gasteiger charge is 2.46. The molecular formula is C23H23F2N5O2S. The number of aliphatic imine (C=N–C) groups is 1. The van der Waals surface area contributed by atoms with Gasteiger partial charge in [-0.1, -0.05) is 48.2 Å². The molecular weight excluding hydrogens is 448 g/mol. The SMILES string of the molecule is O=C1NC(c2c(F)cccc2F)NC2SC(N3CCC[C@@H]3C(=O)NCc3ccccc3)=NC12. The first-order chi connectivity index (χ1) is 16.0. The van der Waals surface area contributed by atoms with E-state index in [1.54, 1.807) is 0 Å². The van der Waals surface area contributed by atoms with Gasteiger partial charge in [-0.15, -0.1) is 0 Å². The number of hydrogen-bond acceptors (Lipinski definition) is 6. The van der Waals surface area contributed by atoms with E-state index >= 15 is 0 Å². The average Bonchev–Trinajstić information content (AvgIpc) is 3.45. The lowest BCUT2D eigenvalue weighted by Gasteiger charge is -2.32. The summed E-state index contributed by atoms with van der Waals surface area (Å²) in [5.74, 6) is -1.95. The molecule has 2 aromatic carbocycles. The van der Waals surface area contributed by atoms with Crippen molar-refractivity contribution in [2.45, 2.75) is 43.0 Å². The number of carbonyl (C=O) groups excluding carboxylic acids is 2. The number of nitrogens with one attached hydrogen (secondary N) is 3. The summed E-state index contributed by atoms with van der Waals surface area (Å²) in [6, 6.07) is 12.2. The van der Waals surface area contributed by atoms with Crippen LogP contribution in [0.4, 0.5) is 8.78 Å². The quantitative estimate of drug-likeness (QED) is 0.637. The molecule has 10 heteroatoms. The molecule has 2 aromatic rings. The van der Waals surface area contributed by atoms with E-state index in [1.165, 1.54) is 17.8 Å². The molecule has 33 heavy (non-hydrogen) atoms. The number of nitrogens with zero attached hydrogens (tertiary/aromatic N) is 2. The Hall–Kier alpha value is -2.98. The molecule has 3 unspecified atom stereocenters. The zero-order chi connectivity index (χ0) is 22.9. The lowest BCUT2D eigenvalue weighted by molar-refractivity contribution is -0.125. The third kappa shape index (κ3) is 4.32. The van der Waals surface area contributed by atoms with Crippen LogP contribution in [0.3, 0.4) is 0 Å². The van der Waals surface area contributed by atoms with Gasteiger partial charge < -0.3 is 15.5 Å². The molecule has 172 valence electrons. The van der Waals surface area contributed by atoms with Gasteiger partial charge >= 0.3 is 0 Å². The van der Waals surface area contributed by atoms with E-state index in [0.717, 1.165) is 24.1 Å². The van der Waals surface area contributed by atoms with Gasteiger partial charge in [-0.3, -0.25) is 14.9 Å². The lowest BCUT2D eigenvalue weighted by atomic mass is 10.1. The fourth-order valence-electron chi connectivity index (χ4n) is 4.40. The van der Waals surface area contributed by atoms with Gasteiger partial charge in [0.15, 0.2) is 11.2 Å². The number of carbonyl (C=O) groups is 2. The first-order valence-corrected chi connectivity index (χ1v) is 11.7. The van der Waals surface area contributed by atoms with Crippen LogP contribution in [0, 0.1) is 11.6 Å². The minimum Gasteiger partial charge on any atom is -0.350 e. The summed E-state index contributed by atoms with van der Waals surface area (Å²) >= 11 is 1.32. The van der Waals surface area contributed by atoms with Crippen molar-refractivity contribution in [3.8, 4) is 0 Å². The monoisotopic (exact) mass is 471 g/mol. The number of thioether (sulfide) groups is 1. The van der Waals surface area contributed by atoms with E-state index in [4.69, 9.17) is 0 Å². The highest BCUT2D eigenvalue weighted by molar-refractivity contribution is 8.14. The molecule has 3 N–H and O–H groups in total. The standard InChI is InChI=1S/C23H23F2N5O2S/c24-14-8-4-9-15(25)17(14)19-28-21(32)18-22(29-19)33-23(27-18)30-11-5-10-16(30)20(31)26-12-13-6-2-1-3-7-13/h1-4,6-9,16,18-19,22,29H,5,10-12H2,(H,26,31)(H,28,32)/t16-,18?,19?,22?/m1/s1. The number of fused-ring (bicyclic) bond motifs is 1. The summed E-state index contributed by atoms with van der Waals surface area (Å²) in [5.41, 5.74) is 0.791. The normalized spacial score (nSPS) is 26.5. The van der Waals surface area contributed by atoms with Crippen LogP contribution in [0.15, 0.2) is 53.5 Å². The maximum absolute atomic E-state index is 14.2. The summed E-state index contributed by atoms with van der Waals surface area (Å²) in [4.78, 5) is 32.1. The highest BCUT2D eigenvalue weighted by Crippen LogP contribution is 2.35. The zero-order valence-corrected chi connectivity index (χ0v) is 18.4. The van der Waals surface area contributed by atoms with Gasteiger partial charge in [-0.2, -0.15) is 0 Å². The van der Waals surface area contributed by atoms with Crippen LogP contribution in [-0.2, 0) is 16.1 Å². The van der Waals surface area contributed by atoms with Crippen molar-refractivity contribution in [3.05, 3.63) is 71.3 Å². The van der Waals surface area contributed by atoms with Crippen LogP contribution >= 0.6 is 11.8 Å². The third-order valence-corrected chi connectivity index (χ3v) is 7.25. The summed E-state index contributed by atoms with van der Waals surface area (Å²) < 4.78 is 28.5. The Balaban J connectivity index is 1.27. The second-order valence-corrected chi connectivity index (χ2v) is 9.30. The van der Waals surface area contributed by atoms with Crippen LogP contribution in [0.1, 0.15) is 30.1 Å². The second-order valence-electron chi connectivity index (χ2n) is 8.19. The molecule has 0 radical (unpaired) electrons. The van der Waals surface area contributed by atoms with Gasteiger partial charge in [0.1, 0.15) is 23.8 Å². The molecule has 3 aliphatic rings. The summed E-state index contributed by atoms with van der Waals surface area (Å²) in [6.07, 6.45) is 0.532. The van der Waals surface area contributed by atoms with E-state index in [0.29, 0.717) is 24.7 Å². The number of rotatable bonds is 4. The molecule has 7 nitrogen and oxygen atoms in total. The van der Waals surface area contributed by atoms with E-state index in [2.05, 4.69) is 20.9 Å². The van der Waals surface area contributed by atoms with E-state index in [9.17, 15) is 18.4 Å². The van der Waals surface area contributed by atoms with Crippen molar-refractivity contribution in [2.24, 2.45) is 4.99 Å². The minimum atomic E-state index is -0.995. The molecule has 4 atom stereocenters. The van der Waals surface area contributed by atoms with Crippen molar-refractivity contribution in [2.75, 3.05) is 6.54 Å². The van der Waals surface area contributed by atoms with Gasteiger partial charge in [-0.05, 0) is 30.5 Å². The highest BCUT2D eigenvalue weighted by atomic mass is 32.2. The average molecular weight is 472 g/mol. The molecule has 2 fully saturated rings. The molecule has 2 amide bonds. The Labute approximate surface area is 194 Å². The molecule has 3 heterocycles. The van der Waals surface area contributed by atoms with Crippen molar-refractivity contribution in [3.63, 3.8) is 0 Å². The number of halogens is 2. The maximum Gasteiger partial charge on any atom is 0.248 e. The van der Waals surface area contributed by atoms with Crippen molar-refractivity contribution in [1.82, 2.24) is 20.9 Å². The lowest BCUT2D eigenvalue weighted by Crippen LogP contribution is -2.56. The molecule has 5 rings (SSSR count). The number of likely N-dealkylation sites (tertiary alicyclic amines) is 1.